The Kier molecular flexibility index (Phi) is 2.90. The van der Waals surface area contributed by atoms with E-state index in [-0.39, 0.29) is 0 Å². The molecule has 3 rings (SSSR count). The molecule has 7 heteroatoms. The third-order valence-electron chi connectivity index (χ3n) is 2.75. The van der Waals surface area contributed by atoms with Gasteiger partial charge in [-0.25, -0.2) is 15.0 Å². The van der Waals surface area contributed by atoms with Crippen molar-refractivity contribution in [1.29, 1.82) is 0 Å². The van der Waals surface area contributed by atoms with E-state index in [2.05, 4.69) is 46.4 Å². The number of rotatable bonds is 2. The zero-order valence-electron chi connectivity index (χ0n) is 10.4. The number of nitrogens with one attached hydrogen (secondary N) is 2. The SMILES string of the molecule is Cc1ncc(Br)c(Nc2nccc3n[nH]c(C)c23)n1. The van der Waals surface area contributed by atoms with Gasteiger partial charge in [0.05, 0.1) is 15.4 Å². The summed E-state index contributed by atoms with van der Waals surface area (Å²) >= 11 is 3.42. The van der Waals surface area contributed by atoms with Gasteiger partial charge in [0.25, 0.3) is 0 Å². The Morgan fingerprint density at radius 3 is 2.89 bits per heavy atom. The summed E-state index contributed by atoms with van der Waals surface area (Å²) in [5, 5.41) is 11.3. The number of aromatic amines is 1. The van der Waals surface area contributed by atoms with Crippen LogP contribution >= 0.6 is 15.9 Å². The second kappa shape index (κ2) is 4.58. The molecule has 0 unspecified atom stereocenters. The summed E-state index contributed by atoms with van der Waals surface area (Å²) in [5.41, 5.74) is 1.84. The number of fused-ring (bicyclic) bond motifs is 1. The Morgan fingerprint density at radius 1 is 1.21 bits per heavy atom. The number of hydrogen-bond acceptors (Lipinski definition) is 5. The summed E-state index contributed by atoms with van der Waals surface area (Å²) in [5.74, 6) is 2.11. The Balaban J connectivity index is 2.10. The first-order valence-corrected chi connectivity index (χ1v) is 6.50. The first kappa shape index (κ1) is 12.0. The maximum atomic E-state index is 4.35. The lowest BCUT2D eigenvalue weighted by molar-refractivity contribution is 1.04. The molecule has 96 valence electrons. The van der Waals surface area contributed by atoms with Crippen molar-refractivity contribution < 1.29 is 0 Å². The van der Waals surface area contributed by atoms with Crippen molar-refractivity contribution in [3.05, 3.63) is 34.5 Å². The van der Waals surface area contributed by atoms with Gasteiger partial charge in [-0.1, -0.05) is 0 Å². The number of H-pyrrole nitrogens is 1. The van der Waals surface area contributed by atoms with Gasteiger partial charge in [0.2, 0.25) is 0 Å². The average molecular weight is 319 g/mol. The fourth-order valence-corrected chi connectivity index (χ4v) is 2.15. The van der Waals surface area contributed by atoms with Crippen LogP contribution in [0.1, 0.15) is 11.5 Å². The van der Waals surface area contributed by atoms with Crippen LogP contribution in [0.2, 0.25) is 0 Å². The van der Waals surface area contributed by atoms with Gasteiger partial charge in [-0.2, -0.15) is 5.10 Å². The van der Waals surface area contributed by atoms with E-state index in [1.807, 2.05) is 19.9 Å². The molecule has 0 bridgehead atoms. The van der Waals surface area contributed by atoms with Gasteiger partial charge in [-0.15, -0.1) is 0 Å². The van der Waals surface area contributed by atoms with Crippen LogP contribution in [0.15, 0.2) is 22.9 Å². The van der Waals surface area contributed by atoms with Gasteiger partial charge in [-0.3, -0.25) is 5.10 Å². The van der Waals surface area contributed by atoms with E-state index in [0.29, 0.717) is 11.6 Å². The molecule has 19 heavy (non-hydrogen) atoms. The van der Waals surface area contributed by atoms with E-state index in [1.54, 1.807) is 12.4 Å². The van der Waals surface area contributed by atoms with Crippen LogP contribution in [0.3, 0.4) is 0 Å². The number of halogens is 1. The van der Waals surface area contributed by atoms with Gasteiger partial charge in [-0.05, 0) is 35.8 Å². The molecule has 0 aliphatic heterocycles. The van der Waals surface area contributed by atoms with Crippen molar-refractivity contribution in [2.45, 2.75) is 13.8 Å². The summed E-state index contributed by atoms with van der Waals surface area (Å²) in [6.07, 6.45) is 3.43. The molecular weight excluding hydrogens is 308 g/mol. The first-order valence-electron chi connectivity index (χ1n) is 5.71. The second-order valence-electron chi connectivity index (χ2n) is 4.14. The molecule has 0 aliphatic carbocycles. The standard InChI is InChI=1S/C12H11BrN6/c1-6-10-9(19-18-6)3-4-14-12(10)17-11-8(13)5-15-7(2)16-11/h3-5H,1-2H3,(H,18,19)(H,14,15,16,17). The second-order valence-corrected chi connectivity index (χ2v) is 5.00. The van der Waals surface area contributed by atoms with Gasteiger partial charge in [0.15, 0.2) is 0 Å². The number of nitrogens with zero attached hydrogens (tertiary/aromatic N) is 4. The predicted molar refractivity (Wildman–Crippen MR) is 76.4 cm³/mol. The fourth-order valence-electron chi connectivity index (χ4n) is 1.86. The Hall–Kier alpha value is -2.02. The highest BCUT2D eigenvalue weighted by molar-refractivity contribution is 9.10. The van der Waals surface area contributed by atoms with Crippen LogP contribution in [0.25, 0.3) is 10.9 Å². The average Bonchev–Trinajstić information content (AvgIpc) is 2.77. The highest BCUT2D eigenvalue weighted by Gasteiger charge is 2.11. The van der Waals surface area contributed by atoms with E-state index >= 15 is 0 Å². The minimum Gasteiger partial charge on any atom is -0.323 e. The smallest absolute Gasteiger partial charge is 0.149 e. The van der Waals surface area contributed by atoms with E-state index in [4.69, 9.17) is 0 Å². The fraction of sp³-hybridized carbons (Fsp3) is 0.167. The molecule has 0 fully saturated rings. The van der Waals surface area contributed by atoms with Gasteiger partial charge in [0.1, 0.15) is 17.5 Å². The summed E-state index contributed by atoms with van der Waals surface area (Å²) in [6.45, 7) is 3.80. The third-order valence-corrected chi connectivity index (χ3v) is 3.33. The molecule has 3 aromatic heterocycles. The third kappa shape index (κ3) is 2.17. The Bertz CT molecular complexity index is 751. The molecule has 0 aliphatic rings. The normalized spacial score (nSPS) is 10.9. The molecule has 0 aromatic carbocycles. The molecule has 3 heterocycles. The van der Waals surface area contributed by atoms with E-state index in [1.165, 1.54) is 0 Å². The lowest BCUT2D eigenvalue weighted by Gasteiger charge is -2.08. The molecule has 0 saturated heterocycles. The van der Waals surface area contributed by atoms with Crippen LogP contribution in [0.4, 0.5) is 11.6 Å². The van der Waals surface area contributed by atoms with Crippen molar-refractivity contribution in [2.75, 3.05) is 5.32 Å². The monoisotopic (exact) mass is 318 g/mol. The molecular formula is C12H11BrN6. The number of aryl methyl sites for hydroxylation is 2. The van der Waals surface area contributed by atoms with Crippen LogP contribution < -0.4 is 5.32 Å². The van der Waals surface area contributed by atoms with Crippen molar-refractivity contribution in [3.63, 3.8) is 0 Å². The van der Waals surface area contributed by atoms with Crippen molar-refractivity contribution >= 4 is 38.5 Å². The molecule has 6 nitrogen and oxygen atoms in total. The predicted octanol–water partition coefficient (Wildman–Crippen LogP) is 2.87. The van der Waals surface area contributed by atoms with Crippen molar-refractivity contribution in [2.24, 2.45) is 0 Å². The summed E-state index contributed by atoms with van der Waals surface area (Å²) in [7, 11) is 0. The van der Waals surface area contributed by atoms with Crippen LogP contribution in [0, 0.1) is 13.8 Å². The molecule has 0 saturated carbocycles. The molecule has 0 atom stereocenters. The summed E-state index contributed by atoms with van der Waals surface area (Å²) in [4.78, 5) is 12.8. The number of pyridine rings is 1. The zero-order chi connectivity index (χ0) is 13.4. The highest BCUT2D eigenvalue weighted by Crippen LogP contribution is 2.27. The number of aromatic nitrogens is 5. The number of hydrogen-bond donors (Lipinski definition) is 2. The quantitative estimate of drug-likeness (QED) is 0.759. The van der Waals surface area contributed by atoms with Crippen LogP contribution in [-0.4, -0.2) is 25.1 Å². The number of anilines is 2. The Morgan fingerprint density at radius 2 is 2.05 bits per heavy atom. The van der Waals surface area contributed by atoms with Crippen LogP contribution in [0.5, 0.6) is 0 Å². The zero-order valence-corrected chi connectivity index (χ0v) is 12.0. The summed E-state index contributed by atoms with van der Waals surface area (Å²) < 4.78 is 0.790. The lowest BCUT2D eigenvalue weighted by atomic mass is 10.2. The Labute approximate surface area is 117 Å². The van der Waals surface area contributed by atoms with Crippen molar-refractivity contribution in [3.8, 4) is 0 Å². The maximum absolute atomic E-state index is 4.35. The molecule has 0 spiro atoms. The minimum atomic E-state index is 0.688. The highest BCUT2D eigenvalue weighted by atomic mass is 79.9. The maximum Gasteiger partial charge on any atom is 0.149 e. The van der Waals surface area contributed by atoms with E-state index in [0.717, 1.165) is 26.9 Å². The first-order chi connectivity index (χ1) is 9.15. The molecule has 0 radical (unpaired) electrons. The van der Waals surface area contributed by atoms with Gasteiger partial charge in [0, 0.05) is 18.1 Å². The summed E-state index contributed by atoms with van der Waals surface area (Å²) in [6, 6.07) is 1.87. The van der Waals surface area contributed by atoms with E-state index < -0.39 is 0 Å². The van der Waals surface area contributed by atoms with Crippen LogP contribution in [-0.2, 0) is 0 Å². The minimum absolute atomic E-state index is 0.688. The van der Waals surface area contributed by atoms with Gasteiger partial charge >= 0.3 is 0 Å². The molecule has 2 N–H and O–H groups in total. The topological polar surface area (TPSA) is 79.4 Å². The van der Waals surface area contributed by atoms with E-state index in [9.17, 15) is 0 Å². The molecule has 3 aromatic rings. The largest absolute Gasteiger partial charge is 0.323 e. The van der Waals surface area contributed by atoms with Crippen molar-refractivity contribution in [1.82, 2.24) is 25.1 Å². The molecule has 0 amide bonds. The lowest BCUT2D eigenvalue weighted by Crippen LogP contribution is -2.00. The van der Waals surface area contributed by atoms with Gasteiger partial charge < -0.3 is 5.32 Å².